The van der Waals surface area contributed by atoms with E-state index in [0.29, 0.717) is 0 Å². The number of aromatic nitrogens is 1. The van der Waals surface area contributed by atoms with Crippen LogP contribution in [-0.4, -0.2) is 18.1 Å². The number of hydrogen-bond acceptors (Lipinski definition) is 2. The Hall–Kier alpha value is -1.51. The summed E-state index contributed by atoms with van der Waals surface area (Å²) in [6.07, 6.45) is 4.81. The van der Waals surface area contributed by atoms with Crippen LogP contribution in [0.1, 0.15) is 19.5 Å². The first-order chi connectivity index (χ1) is 6.33. The Morgan fingerprint density at radius 3 is 2.69 bits per heavy atom. The van der Waals surface area contributed by atoms with Gasteiger partial charge < -0.3 is 9.72 Å². The molecule has 1 aromatic rings. The van der Waals surface area contributed by atoms with Crippen molar-refractivity contribution in [1.82, 2.24) is 4.98 Å². The minimum absolute atomic E-state index is 0.348. The van der Waals surface area contributed by atoms with E-state index in [0.717, 1.165) is 5.69 Å². The Morgan fingerprint density at radius 1 is 1.54 bits per heavy atom. The molecule has 0 aliphatic heterocycles. The number of methoxy groups -OCH3 is 1. The Labute approximate surface area is 78.4 Å². The molecular weight excluding hydrogens is 166 g/mol. The lowest BCUT2D eigenvalue weighted by Crippen LogP contribution is -1.93. The molecule has 1 heterocycles. The Bertz CT molecular complexity index is 250. The van der Waals surface area contributed by atoms with Crippen LogP contribution in [0.4, 0.5) is 0 Å². The maximum Gasteiger partial charge on any atom is 0.330 e. The first-order valence-corrected chi connectivity index (χ1v) is 4.22. The van der Waals surface area contributed by atoms with Crippen LogP contribution in [0.2, 0.25) is 0 Å². The summed E-state index contributed by atoms with van der Waals surface area (Å²) in [6, 6.07) is 3.72. The zero-order chi connectivity index (χ0) is 10.1. The van der Waals surface area contributed by atoms with Crippen molar-refractivity contribution in [1.29, 1.82) is 0 Å². The molecule has 0 atom stereocenters. The third kappa shape index (κ3) is 4.85. The molecule has 1 N–H and O–H groups in total. The highest BCUT2D eigenvalue weighted by Gasteiger charge is 1.90. The molecule has 0 saturated heterocycles. The summed E-state index contributed by atoms with van der Waals surface area (Å²) in [5.41, 5.74) is 0.885. The predicted octanol–water partition coefficient (Wildman–Crippen LogP) is 2.23. The van der Waals surface area contributed by atoms with Gasteiger partial charge in [-0.15, -0.1) is 0 Å². The van der Waals surface area contributed by atoms with Crippen LogP contribution in [-0.2, 0) is 9.53 Å². The standard InChI is InChI=1S/C8H9NO2.C2H6/c1-11-8(10)5-4-7-3-2-6-9-7;1-2/h2-6,9H,1H3;1-2H3/b5-4+;. The monoisotopic (exact) mass is 181 g/mol. The third-order valence-electron chi connectivity index (χ3n) is 1.22. The number of carbonyl (C=O) groups excluding carboxylic acids is 1. The molecule has 1 rings (SSSR count). The highest BCUT2D eigenvalue weighted by atomic mass is 16.5. The largest absolute Gasteiger partial charge is 0.466 e. The van der Waals surface area contributed by atoms with Gasteiger partial charge in [0.2, 0.25) is 0 Å². The van der Waals surface area contributed by atoms with Crippen molar-refractivity contribution in [2.75, 3.05) is 7.11 Å². The van der Waals surface area contributed by atoms with E-state index < -0.39 is 0 Å². The van der Waals surface area contributed by atoms with E-state index in [2.05, 4.69) is 9.72 Å². The fourth-order valence-electron chi connectivity index (χ4n) is 0.674. The zero-order valence-electron chi connectivity index (χ0n) is 8.20. The molecule has 13 heavy (non-hydrogen) atoms. The Morgan fingerprint density at radius 2 is 2.23 bits per heavy atom. The third-order valence-corrected chi connectivity index (χ3v) is 1.22. The van der Waals surface area contributed by atoms with Gasteiger partial charge in [0.1, 0.15) is 0 Å². The summed E-state index contributed by atoms with van der Waals surface area (Å²) in [5.74, 6) is -0.348. The van der Waals surface area contributed by atoms with Crippen molar-refractivity contribution in [2.24, 2.45) is 0 Å². The van der Waals surface area contributed by atoms with Gasteiger partial charge in [-0.2, -0.15) is 0 Å². The number of ether oxygens (including phenoxy) is 1. The van der Waals surface area contributed by atoms with Gasteiger partial charge in [0.15, 0.2) is 0 Å². The molecule has 0 aromatic carbocycles. The van der Waals surface area contributed by atoms with Gasteiger partial charge in [-0.3, -0.25) is 0 Å². The Kier molecular flexibility index (Phi) is 6.32. The van der Waals surface area contributed by atoms with Crippen LogP contribution in [0.3, 0.4) is 0 Å². The topological polar surface area (TPSA) is 42.1 Å². The number of carbonyl (C=O) groups is 1. The smallest absolute Gasteiger partial charge is 0.330 e. The summed E-state index contributed by atoms with van der Waals surface area (Å²) >= 11 is 0. The van der Waals surface area contributed by atoms with Gasteiger partial charge in [-0.05, 0) is 18.2 Å². The summed E-state index contributed by atoms with van der Waals surface area (Å²) in [4.78, 5) is 13.5. The van der Waals surface area contributed by atoms with Gasteiger partial charge in [-0.25, -0.2) is 4.79 Å². The predicted molar refractivity (Wildman–Crippen MR) is 53.2 cm³/mol. The summed E-state index contributed by atoms with van der Waals surface area (Å²) in [7, 11) is 1.35. The van der Waals surface area contributed by atoms with E-state index >= 15 is 0 Å². The molecule has 0 unspecified atom stereocenters. The van der Waals surface area contributed by atoms with E-state index in [1.807, 2.05) is 26.0 Å². The van der Waals surface area contributed by atoms with Crippen molar-refractivity contribution in [3.05, 3.63) is 30.1 Å². The second-order valence-corrected chi connectivity index (χ2v) is 1.98. The number of aromatic amines is 1. The second kappa shape index (κ2) is 7.16. The summed E-state index contributed by atoms with van der Waals surface area (Å²) in [5, 5.41) is 0. The molecule has 3 nitrogen and oxygen atoms in total. The molecule has 0 fully saturated rings. The number of esters is 1. The summed E-state index contributed by atoms with van der Waals surface area (Å²) in [6.45, 7) is 4.00. The maximum atomic E-state index is 10.6. The van der Waals surface area contributed by atoms with Crippen molar-refractivity contribution in [2.45, 2.75) is 13.8 Å². The number of H-pyrrole nitrogens is 1. The van der Waals surface area contributed by atoms with E-state index in [4.69, 9.17) is 0 Å². The lowest BCUT2D eigenvalue weighted by Gasteiger charge is -1.87. The molecule has 0 aliphatic rings. The van der Waals surface area contributed by atoms with E-state index in [9.17, 15) is 4.79 Å². The maximum absolute atomic E-state index is 10.6. The van der Waals surface area contributed by atoms with Gasteiger partial charge >= 0.3 is 5.97 Å². The molecule has 1 aromatic heterocycles. The van der Waals surface area contributed by atoms with Crippen molar-refractivity contribution >= 4 is 12.0 Å². The van der Waals surface area contributed by atoms with Crippen molar-refractivity contribution in [3.63, 3.8) is 0 Å². The van der Waals surface area contributed by atoms with Gasteiger partial charge in [0.25, 0.3) is 0 Å². The highest BCUT2D eigenvalue weighted by molar-refractivity contribution is 5.86. The fraction of sp³-hybridized carbons (Fsp3) is 0.300. The number of hydrogen-bond donors (Lipinski definition) is 1. The average Bonchev–Trinajstić information content (AvgIpc) is 2.70. The van der Waals surface area contributed by atoms with Gasteiger partial charge in [-0.1, -0.05) is 13.8 Å². The molecule has 0 radical (unpaired) electrons. The highest BCUT2D eigenvalue weighted by Crippen LogP contribution is 1.96. The van der Waals surface area contributed by atoms with Crippen LogP contribution in [0, 0.1) is 0 Å². The van der Waals surface area contributed by atoms with E-state index in [-0.39, 0.29) is 5.97 Å². The quantitative estimate of drug-likeness (QED) is 0.561. The van der Waals surface area contributed by atoms with Crippen LogP contribution < -0.4 is 0 Å². The van der Waals surface area contributed by atoms with Crippen LogP contribution >= 0.6 is 0 Å². The van der Waals surface area contributed by atoms with Crippen molar-refractivity contribution in [3.8, 4) is 0 Å². The molecule has 0 spiro atoms. The molecule has 72 valence electrons. The molecule has 0 aliphatic carbocycles. The zero-order valence-corrected chi connectivity index (χ0v) is 8.20. The molecule has 0 amide bonds. The van der Waals surface area contributed by atoms with Gasteiger partial charge in [0, 0.05) is 18.0 Å². The van der Waals surface area contributed by atoms with Crippen LogP contribution in [0.5, 0.6) is 0 Å². The normalized spacial score (nSPS) is 9.15. The van der Waals surface area contributed by atoms with Crippen LogP contribution in [0.25, 0.3) is 6.08 Å². The fourth-order valence-corrected chi connectivity index (χ4v) is 0.674. The average molecular weight is 181 g/mol. The van der Waals surface area contributed by atoms with E-state index in [1.165, 1.54) is 13.2 Å². The lowest BCUT2D eigenvalue weighted by atomic mass is 10.4. The first kappa shape index (κ1) is 11.5. The van der Waals surface area contributed by atoms with Crippen molar-refractivity contribution < 1.29 is 9.53 Å². The van der Waals surface area contributed by atoms with E-state index in [1.54, 1.807) is 12.3 Å². The Balaban J connectivity index is 0.000000671. The summed E-state index contributed by atoms with van der Waals surface area (Å²) < 4.78 is 4.41. The lowest BCUT2D eigenvalue weighted by molar-refractivity contribution is -0.134. The molecular formula is C10H15NO2. The van der Waals surface area contributed by atoms with Gasteiger partial charge in [0.05, 0.1) is 7.11 Å². The first-order valence-electron chi connectivity index (χ1n) is 4.22. The molecule has 3 heteroatoms. The van der Waals surface area contributed by atoms with Crippen LogP contribution in [0.15, 0.2) is 24.4 Å². The minimum atomic E-state index is -0.348. The molecule has 0 saturated carbocycles. The molecule has 0 bridgehead atoms. The number of nitrogens with one attached hydrogen (secondary N) is 1. The number of rotatable bonds is 2. The minimum Gasteiger partial charge on any atom is -0.466 e. The second-order valence-electron chi connectivity index (χ2n) is 1.98. The SMILES string of the molecule is CC.COC(=O)/C=C/c1ccc[nH]1.